The molecule has 0 heterocycles. The summed E-state index contributed by atoms with van der Waals surface area (Å²) in [7, 11) is 0. The number of hydrogen-bond acceptors (Lipinski definition) is 2. The fraction of sp³-hybridized carbons (Fsp3) is 1.00. The van der Waals surface area contributed by atoms with Crippen LogP contribution < -0.4 is 0 Å². The van der Waals surface area contributed by atoms with E-state index in [0.29, 0.717) is 0 Å². The van der Waals surface area contributed by atoms with E-state index in [-0.39, 0.29) is 6.10 Å². The SMILES string of the molecule is CCC[C@@H](C)OO. The van der Waals surface area contributed by atoms with E-state index in [1.165, 1.54) is 0 Å². The molecule has 0 radical (unpaired) electrons. The third-order valence-electron chi connectivity index (χ3n) is 0.875. The lowest BCUT2D eigenvalue weighted by Gasteiger charge is -2.01. The van der Waals surface area contributed by atoms with E-state index in [4.69, 9.17) is 5.26 Å². The Morgan fingerprint density at radius 1 is 1.71 bits per heavy atom. The molecule has 7 heavy (non-hydrogen) atoms. The van der Waals surface area contributed by atoms with Gasteiger partial charge in [-0.1, -0.05) is 13.3 Å². The van der Waals surface area contributed by atoms with Crippen LogP contribution in [0.5, 0.6) is 0 Å². The topological polar surface area (TPSA) is 29.5 Å². The zero-order chi connectivity index (χ0) is 5.70. The van der Waals surface area contributed by atoms with Gasteiger partial charge in [-0.2, -0.15) is 0 Å². The van der Waals surface area contributed by atoms with E-state index >= 15 is 0 Å². The van der Waals surface area contributed by atoms with Crippen molar-refractivity contribution >= 4 is 0 Å². The van der Waals surface area contributed by atoms with Crippen molar-refractivity contribution in [2.45, 2.75) is 32.8 Å². The van der Waals surface area contributed by atoms with Crippen LogP contribution in [0.15, 0.2) is 0 Å². The summed E-state index contributed by atoms with van der Waals surface area (Å²) in [5.74, 6) is 0. The van der Waals surface area contributed by atoms with Gasteiger partial charge in [0.05, 0.1) is 6.10 Å². The smallest absolute Gasteiger partial charge is 0.0899 e. The summed E-state index contributed by atoms with van der Waals surface area (Å²) in [4.78, 5) is 3.99. The number of rotatable bonds is 3. The molecule has 0 saturated heterocycles. The standard InChI is InChI=1S/C5H12O2/c1-3-4-5(2)7-6/h5-6H,3-4H2,1-2H3/t5-/m1/s1. The molecular formula is C5H12O2. The Bertz CT molecular complexity index is 37.1. The second-order valence-electron chi connectivity index (χ2n) is 1.70. The molecule has 0 spiro atoms. The van der Waals surface area contributed by atoms with Crippen LogP contribution in [0.2, 0.25) is 0 Å². The van der Waals surface area contributed by atoms with Crippen molar-refractivity contribution in [2.75, 3.05) is 0 Å². The molecule has 0 bridgehead atoms. The minimum atomic E-state index is 0.00463. The lowest BCUT2D eigenvalue weighted by Crippen LogP contribution is -2.02. The third-order valence-corrected chi connectivity index (χ3v) is 0.875. The van der Waals surface area contributed by atoms with Gasteiger partial charge >= 0.3 is 0 Å². The first-order valence-corrected chi connectivity index (χ1v) is 2.61. The molecule has 1 N–H and O–H groups in total. The highest BCUT2D eigenvalue weighted by atomic mass is 17.1. The van der Waals surface area contributed by atoms with Crippen LogP contribution in [0.4, 0.5) is 0 Å². The average Bonchev–Trinajstić information content (AvgIpc) is 1.68. The molecule has 0 aromatic heterocycles. The van der Waals surface area contributed by atoms with E-state index in [1.54, 1.807) is 0 Å². The highest BCUT2D eigenvalue weighted by molar-refractivity contribution is 4.42. The van der Waals surface area contributed by atoms with Crippen molar-refractivity contribution in [1.29, 1.82) is 0 Å². The summed E-state index contributed by atoms with van der Waals surface area (Å²) in [6.45, 7) is 3.89. The zero-order valence-electron chi connectivity index (χ0n) is 4.85. The molecule has 2 heteroatoms. The molecule has 0 unspecified atom stereocenters. The summed E-state index contributed by atoms with van der Waals surface area (Å²) < 4.78 is 0. The summed E-state index contributed by atoms with van der Waals surface area (Å²) >= 11 is 0. The summed E-state index contributed by atoms with van der Waals surface area (Å²) in [6, 6.07) is 0. The molecular weight excluding hydrogens is 92.1 g/mol. The molecule has 0 aliphatic rings. The maximum atomic E-state index is 7.97. The fourth-order valence-corrected chi connectivity index (χ4v) is 0.459. The van der Waals surface area contributed by atoms with Crippen LogP contribution in [0.1, 0.15) is 26.7 Å². The molecule has 0 saturated carbocycles. The second-order valence-corrected chi connectivity index (χ2v) is 1.70. The van der Waals surface area contributed by atoms with Crippen LogP contribution >= 0.6 is 0 Å². The molecule has 0 aromatic carbocycles. The van der Waals surface area contributed by atoms with Gasteiger partial charge in [-0.3, -0.25) is 5.26 Å². The molecule has 0 amide bonds. The van der Waals surface area contributed by atoms with E-state index < -0.39 is 0 Å². The van der Waals surface area contributed by atoms with E-state index in [0.717, 1.165) is 12.8 Å². The van der Waals surface area contributed by atoms with Gasteiger partial charge in [-0.25, -0.2) is 4.89 Å². The summed E-state index contributed by atoms with van der Waals surface area (Å²) in [5, 5.41) is 7.97. The van der Waals surface area contributed by atoms with Gasteiger partial charge in [0.25, 0.3) is 0 Å². The minimum Gasteiger partial charge on any atom is -0.252 e. The van der Waals surface area contributed by atoms with Gasteiger partial charge in [-0.05, 0) is 13.3 Å². The van der Waals surface area contributed by atoms with Gasteiger partial charge in [0.1, 0.15) is 0 Å². The zero-order valence-corrected chi connectivity index (χ0v) is 4.85. The van der Waals surface area contributed by atoms with Crippen LogP contribution in [0.25, 0.3) is 0 Å². The Morgan fingerprint density at radius 3 is 2.43 bits per heavy atom. The number of hydrogen-bond donors (Lipinski definition) is 1. The highest BCUT2D eigenvalue weighted by Crippen LogP contribution is 1.96. The van der Waals surface area contributed by atoms with E-state index in [2.05, 4.69) is 11.8 Å². The second kappa shape index (κ2) is 4.09. The van der Waals surface area contributed by atoms with Gasteiger partial charge < -0.3 is 0 Å². The normalized spacial score (nSPS) is 14.1. The molecule has 1 atom stereocenters. The molecule has 0 aromatic rings. The van der Waals surface area contributed by atoms with Gasteiger partial charge in [0.2, 0.25) is 0 Å². The molecule has 0 fully saturated rings. The predicted molar refractivity (Wildman–Crippen MR) is 28.1 cm³/mol. The van der Waals surface area contributed by atoms with Crippen molar-refractivity contribution < 1.29 is 10.1 Å². The molecule has 0 aliphatic carbocycles. The Hall–Kier alpha value is -0.0800. The van der Waals surface area contributed by atoms with Gasteiger partial charge in [-0.15, -0.1) is 0 Å². The first kappa shape index (κ1) is 6.92. The first-order chi connectivity index (χ1) is 3.31. The van der Waals surface area contributed by atoms with Gasteiger partial charge in [0, 0.05) is 0 Å². The molecule has 0 rings (SSSR count). The largest absolute Gasteiger partial charge is 0.252 e. The quantitative estimate of drug-likeness (QED) is 0.436. The Morgan fingerprint density at radius 2 is 2.29 bits per heavy atom. The van der Waals surface area contributed by atoms with Crippen LogP contribution in [-0.2, 0) is 4.89 Å². The van der Waals surface area contributed by atoms with Crippen molar-refractivity contribution in [1.82, 2.24) is 0 Å². The maximum absolute atomic E-state index is 7.97. The lowest BCUT2D eigenvalue weighted by atomic mass is 10.2. The summed E-state index contributed by atoms with van der Waals surface area (Å²) in [6.07, 6.45) is 1.99. The molecule has 2 nitrogen and oxygen atoms in total. The minimum absolute atomic E-state index is 0.00463. The fourth-order valence-electron chi connectivity index (χ4n) is 0.459. The molecule has 44 valence electrons. The third kappa shape index (κ3) is 3.76. The Kier molecular flexibility index (Phi) is 4.04. The van der Waals surface area contributed by atoms with Crippen LogP contribution in [0, 0.1) is 0 Å². The highest BCUT2D eigenvalue weighted by Gasteiger charge is 1.95. The molecule has 0 aliphatic heterocycles. The van der Waals surface area contributed by atoms with Crippen molar-refractivity contribution in [3.05, 3.63) is 0 Å². The van der Waals surface area contributed by atoms with Crippen molar-refractivity contribution in [2.24, 2.45) is 0 Å². The van der Waals surface area contributed by atoms with E-state index in [9.17, 15) is 0 Å². The van der Waals surface area contributed by atoms with Crippen LogP contribution in [-0.4, -0.2) is 11.4 Å². The lowest BCUT2D eigenvalue weighted by molar-refractivity contribution is -0.274. The monoisotopic (exact) mass is 104 g/mol. The average molecular weight is 104 g/mol. The predicted octanol–water partition coefficient (Wildman–Crippen LogP) is 1.66. The van der Waals surface area contributed by atoms with E-state index in [1.807, 2.05) is 6.92 Å². The summed E-state index contributed by atoms with van der Waals surface area (Å²) in [5.41, 5.74) is 0. The van der Waals surface area contributed by atoms with Crippen molar-refractivity contribution in [3.63, 3.8) is 0 Å². The first-order valence-electron chi connectivity index (χ1n) is 2.61. The Balaban J connectivity index is 2.83. The maximum Gasteiger partial charge on any atom is 0.0899 e. The van der Waals surface area contributed by atoms with Gasteiger partial charge in [0.15, 0.2) is 0 Å². The van der Waals surface area contributed by atoms with Crippen molar-refractivity contribution in [3.8, 4) is 0 Å². The van der Waals surface area contributed by atoms with Crippen LogP contribution in [0.3, 0.4) is 0 Å². The Labute approximate surface area is 44.0 Å².